The zero-order valence-electron chi connectivity index (χ0n) is 7.95. The molecule has 0 bridgehead atoms. The molecule has 16 heavy (non-hydrogen) atoms. The molecule has 1 heterocycles. The highest BCUT2D eigenvalue weighted by Crippen LogP contribution is 2.30. The van der Waals surface area contributed by atoms with E-state index >= 15 is 0 Å². The lowest BCUT2D eigenvalue weighted by Crippen LogP contribution is -2.18. The van der Waals surface area contributed by atoms with Gasteiger partial charge in [-0.25, -0.2) is 31.7 Å². The Labute approximate surface area is 89.1 Å². The first-order valence-electron chi connectivity index (χ1n) is 3.82. The van der Waals surface area contributed by atoms with Crippen LogP contribution in [0.15, 0.2) is 11.1 Å². The Morgan fingerprint density at radius 1 is 1.50 bits per heavy atom. The Kier molecular flexibility index (Phi) is 3.38. The van der Waals surface area contributed by atoms with Gasteiger partial charge in [0.2, 0.25) is 10.0 Å². The third kappa shape index (κ3) is 2.25. The maximum absolute atomic E-state index is 13.4. The number of hydrogen-bond acceptors (Lipinski definition) is 4. The smallest absolute Gasteiger partial charge is 0.281 e. The van der Waals surface area contributed by atoms with Crippen molar-refractivity contribution in [2.75, 3.05) is 7.11 Å². The summed E-state index contributed by atoms with van der Waals surface area (Å²) in [5.41, 5.74) is -1.24. The summed E-state index contributed by atoms with van der Waals surface area (Å²) in [7, 11) is -3.60. The molecule has 5 nitrogen and oxygen atoms in total. The SMILES string of the molecule is COc1cnc(C(F)F)c(S(N)(=O)=O)c1F. The molecule has 0 aliphatic rings. The molecule has 1 aromatic heterocycles. The molecule has 1 aromatic rings. The molecule has 0 atom stereocenters. The number of alkyl halides is 2. The number of nitrogens with two attached hydrogens (primary N) is 1. The first-order chi connectivity index (χ1) is 7.29. The van der Waals surface area contributed by atoms with Crippen LogP contribution in [0.25, 0.3) is 0 Å². The molecule has 90 valence electrons. The molecule has 0 radical (unpaired) electrons. The van der Waals surface area contributed by atoms with Crippen LogP contribution in [0.2, 0.25) is 0 Å². The van der Waals surface area contributed by atoms with Crippen molar-refractivity contribution in [3.63, 3.8) is 0 Å². The first-order valence-corrected chi connectivity index (χ1v) is 5.37. The van der Waals surface area contributed by atoms with E-state index in [0.29, 0.717) is 6.20 Å². The molecule has 0 amide bonds. The summed E-state index contributed by atoms with van der Waals surface area (Å²) in [6.45, 7) is 0. The van der Waals surface area contributed by atoms with E-state index in [1.165, 1.54) is 0 Å². The van der Waals surface area contributed by atoms with E-state index < -0.39 is 38.6 Å². The van der Waals surface area contributed by atoms with Crippen LogP contribution in [0.5, 0.6) is 5.75 Å². The van der Waals surface area contributed by atoms with Gasteiger partial charge in [-0.1, -0.05) is 0 Å². The predicted octanol–water partition coefficient (Wildman–Crippen LogP) is 0.814. The molecule has 0 aromatic carbocycles. The minimum atomic E-state index is -4.64. The Morgan fingerprint density at radius 3 is 2.44 bits per heavy atom. The minimum Gasteiger partial charge on any atom is -0.492 e. The van der Waals surface area contributed by atoms with Crippen molar-refractivity contribution in [3.05, 3.63) is 17.7 Å². The number of ether oxygens (including phenoxy) is 1. The molecule has 2 N–H and O–H groups in total. The van der Waals surface area contributed by atoms with Crippen LogP contribution < -0.4 is 9.88 Å². The summed E-state index contributed by atoms with van der Waals surface area (Å²) in [6.07, 6.45) is -2.60. The molecule has 0 spiro atoms. The number of sulfonamides is 1. The van der Waals surface area contributed by atoms with Crippen molar-refractivity contribution in [1.82, 2.24) is 4.98 Å². The fourth-order valence-corrected chi connectivity index (χ4v) is 1.82. The van der Waals surface area contributed by atoms with Crippen molar-refractivity contribution in [3.8, 4) is 5.75 Å². The quantitative estimate of drug-likeness (QED) is 0.867. The molecule has 0 aliphatic heterocycles. The van der Waals surface area contributed by atoms with Crippen LogP contribution >= 0.6 is 0 Å². The van der Waals surface area contributed by atoms with Gasteiger partial charge in [0.15, 0.2) is 11.6 Å². The van der Waals surface area contributed by atoms with Crippen molar-refractivity contribution in [1.29, 1.82) is 0 Å². The maximum atomic E-state index is 13.4. The molecule has 0 aliphatic carbocycles. The molecular weight excluding hydrogens is 249 g/mol. The standard InChI is InChI=1S/C7H7F3N2O3S/c1-15-3-2-12-5(7(9)10)6(4(3)8)16(11,13)14/h2,7H,1H3,(H2,11,13,14). The molecule has 0 unspecified atom stereocenters. The summed E-state index contributed by atoms with van der Waals surface area (Å²) in [4.78, 5) is 1.76. The van der Waals surface area contributed by atoms with Crippen LogP contribution in [-0.4, -0.2) is 20.5 Å². The van der Waals surface area contributed by atoms with Gasteiger partial charge in [0.05, 0.1) is 13.3 Å². The van der Waals surface area contributed by atoms with Crippen LogP contribution in [0, 0.1) is 5.82 Å². The fourth-order valence-electron chi connectivity index (χ4n) is 1.04. The van der Waals surface area contributed by atoms with Crippen LogP contribution in [0.3, 0.4) is 0 Å². The van der Waals surface area contributed by atoms with E-state index in [1.54, 1.807) is 0 Å². The average molecular weight is 256 g/mol. The zero-order chi connectivity index (χ0) is 12.5. The van der Waals surface area contributed by atoms with Crippen molar-refractivity contribution < 1.29 is 26.3 Å². The summed E-state index contributed by atoms with van der Waals surface area (Å²) < 4.78 is 64.5. The zero-order valence-corrected chi connectivity index (χ0v) is 8.76. The Hall–Kier alpha value is -1.35. The third-order valence-corrected chi connectivity index (χ3v) is 2.64. The average Bonchev–Trinajstić information content (AvgIpc) is 2.14. The fraction of sp³-hybridized carbons (Fsp3) is 0.286. The van der Waals surface area contributed by atoms with Gasteiger partial charge < -0.3 is 4.74 Å². The predicted molar refractivity (Wildman–Crippen MR) is 47.1 cm³/mol. The van der Waals surface area contributed by atoms with Gasteiger partial charge in [-0.05, 0) is 0 Å². The molecule has 0 saturated heterocycles. The number of methoxy groups -OCH3 is 1. The van der Waals surface area contributed by atoms with Crippen LogP contribution in [-0.2, 0) is 10.0 Å². The summed E-state index contributed by atoms with van der Waals surface area (Å²) >= 11 is 0. The van der Waals surface area contributed by atoms with E-state index in [9.17, 15) is 21.6 Å². The normalized spacial score (nSPS) is 11.9. The van der Waals surface area contributed by atoms with Gasteiger partial charge >= 0.3 is 0 Å². The Morgan fingerprint density at radius 2 is 2.06 bits per heavy atom. The van der Waals surface area contributed by atoms with Crippen LogP contribution in [0.4, 0.5) is 13.2 Å². The first kappa shape index (κ1) is 12.7. The monoisotopic (exact) mass is 256 g/mol. The lowest BCUT2D eigenvalue weighted by molar-refractivity contribution is 0.140. The van der Waals surface area contributed by atoms with E-state index in [4.69, 9.17) is 0 Å². The number of pyridine rings is 1. The second-order valence-corrected chi connectivity index (χ2v) is 4.20. The molecule has 0 saturated carbocycles. The summed E-state index contributed by atoms with van der Waals surface area (Å²) in [6, 6.07) is 0. The number of hydrogen-bond donors (Lipinski definition) is 1. The van der Waals surface area contributed by atoms with E-state index in [1.807, 2.05) is 0 Å². The van der Waals surface area contributed by atoms with Crippen LogP contribution in [0.1, 0.15) is 12.1 Å². The lowest BCUT2D eigenvalue weighted by atomic mass is 10.3. The van der Waals surface area contributed by atoms with Gasteiger partial charge in [-0.2, -0.15) is 0 Å². The number of aromatic nitrogens is 1. The van der Waals surface area contributed by atoms with E-state index in [0.717, 1.165) is 7.11 Å². The molecule has 0 fully saturated rings. The number of nitrogens with zero attached hydrogens (tertiary/aromatic N) is 1. The second-order valence-electron chi connectivity index (χ2n) is 2.70. The topological polar surface area (TPSA) is 82.3 Å². The molecule has 1 rings (SSSR count). The largest absolute Gasteiger partial charge is 0.492 e. The highest BCUT2D eigenvalue weighted by Gasteiger charge is 2.29. The van der Waals surface area contributed by atoms with Crippen molar-refractivity contribution in [2.24, 2.45) is 5.14 Å². The van der Waals surface area contributed by atoms with Crippen molar-refractivity contribution >= 4 is 10.0 Å². The Bertz CT molecular complexity index is 504. The lowest BCUT2D eigenvalue weighted by Gasteiger charge is -2.09. The van der Waals surface area contributed by atoms with Gasteiger partial charge in [0.1, 0.15) is 10.6 Å². The Balaban J connectivity index is 3.63. The second kappa shape index (κ2) is 4.26. The van der Waals surface area contributed by atoms with Crippen molar-refractivity contribution in [2.45, 2.75) is 11.3 Å². The van der Waals surface area contributed by atoms with Gasteiger partial charge in [0, 0.05) is 0 Å². The van der Waals surface area contributed by atoms with E-state index in [-0.39, 0.29) is 0 Å². The highest BCUT2D eigenvalue weighted by atomic mass is 32.2. The van der Waals surface area contributed by atoms with E-state index in [2.05, 4.69) is 14.9 Å². The molecule has 9 heteroatoms. The third-order valence-electron chi connectivity index (χ3n) is 1.68. The number of halogens is 3. The highest BCUT2D eigenvalue weighted by molar-refractivity contribution is 7.89. The maximum Gasteiger partial charge on any atom is 0.281 e. The van der Waals surface area contributed by atoms with Gasteiger partial charge in [-0.15, -0.1) is 0 Å². The summed E-state index contributed by atoms with van der Waals surface area (Å²) in [5, 5.41) is 4.62. The van der Waals surface area contributed by atoms with Gasteiger partial charge in [0.25, 0.3) is 6.43 Å². The van der Waals surface area contributed by atoms with Gasteiger partial charge in [-0.3, -0.25) is 0 Å². The number of rotatable bonds is 3. The number of primary sulfonamides is 1. The summed E-state index contributed by atoms with van der Waals surface area (Å²) in [5.74, 6) is -2.05. The minimum absolute atomic E-state index is 0.576. The molecular formula is C7H7F3N2O3S.